The van der Waals surface area contributed by atoms with Crippen LogP contribution in [0.1, 0.15) is 10.5 Å². The normalized spacial score (nSPS) is 14.8. The van der Waals surface area contributed by atoms with E-state index in [1.165, 1.54) is 0 Å². The lowest BCUT2D eigenvalue weighted by atomic mass is 10.2. The van der Waals surface area contributed by atoms with Gasteiger partial charge in [-0.3, -0.25) is 9.78 Å². The first-order valence-electron chi connectivity index (χ1n) is 8.22. The fourth-order valence-corrected chi connectivity index (χ4v) is 3.25. The molecule has 0 bridgehead atoms. The van der Waals surface area contributed by atoms with Gasteiger partial charge in [0.05, 0.1) is 17.2 Å². The third kappa shape index (κ3) is 3.28. The maximum absolute atomic E-state index is 12.7. The van der Waals surface area contributed by atoms with Crippen molar-refractivity contribution in [3.8, 4) is 0 Å². The number of para-hydroxylation sites is 2. The van der Waals surface area contributed by atoms with Crippen molar-refractivity contribution in [1.82, 2.24) is 14.9 Å². The van der Waals surface area contributed by atoms with Crippen LogP contribution in [0.3, 0.4) is 0 Å². The Bertz CT molecular complexity index is 922. The SMILES string of the molecule is O=C(c1cnc2ccccc2n1)N1CCN(c2cccc(Cl)c2)CC1. The number of benzene rings is 2. The smallest absolute Gasteiger partial charge is 0.274 e. The van der Waals surface area contributed by atoms with Crippen molar-refractivity contribution >= 4 is 34.2 Å². The van der Waals surface area contributed by atoms with Gasteiger partial charge in [0.1, 0.15) is 5.69 Å². The van der Waals surface area contributed by atoms with E-state index in [4.69, 9.17) is 11.6 Å². The third-order valence-corrected chi connectivity index (χ3v) is 4.64. The van der Waals surface area contributed by atoms with E-state index in [9.17, 15) is 4.79 Å². The van der Waals surface area contributed by atoms with Crippen LogP contribution in [0.15, 0.2) is 54.7 Å². The van der Waals surface area contributed by atoms with Crippen LogP contribution in [0, 0.1) is 0 Å². The van der Waals surface area contributed by atoms with Crippen LogP contribution in [0.25, 0.3) is 11.0 Å². The van der Waals surface area contributed by atoms with Crippen molar-refractivity contribution in [2.45, 2.75) is 0 Å². The van der Waals surface area contributed by atoms with Crippen molar-refractivity contribution in [3.63, 3.8) is 0 Å². The van der Waals surface area contributed by atoms with Crippen LogP contribution in [0.5, 0.6) is 0 Å². The largest absolute Gasteiger partial charge is 0.368 e. The van der Waals surface area contributed by atoms with Crippen LogP contribution in [-0.4, -0.2) is 47.0 Å². The highest BCUT2D eigenvalue weighted by molar-refractivity contribution is 6.30. The number of hydrogen-bond donors (Lipinski definition) is 0. The predicted molar refractivity (Wildman–Crippen MR) is 99.1 cm³/mol. The van der Waals surface area contributed by atoms with Crippen molar-refractivity contribution < 1.29 is 4.79 Å². The molecular formula is C19H17ClN4O. The molecule has 4 rings (SSSR count). The van der Waals surface area contributed by atoms with Gasteiger partial charge in [0, 0.05) is 36.9 Å². The molecule has 2 aromatic carbocycles. The molecule has 25 heavy (non-hydrogen) atoms. The number of aromatic nitrogens is 2. The number of rotatable bonds is 2. The van der Waals surface area contributed by atoms with Crippen molar-refractivity contribution in [2.24, 2.45) is 0 Å². The van der Waals surface area contributed by atoms with Gasteiger partial charge in [0.2, 0.25) is 0 Å². The summed E-state index contributed by atoms with van der Waals surface area (Å²) in [4.78, 5) is 25.6. The van der Waals surface area contributed by atoms with E-state index in [0.29, 0.717) is 18.8 Å². The number of fused-ring (bicyclic) bond motifs is 1. The number of piperazine rings is 1. The summed E-state index contributed by atoms with van der Waals surface area (Å²) in [5.41, 5.74) is 3.02. The first kappa shape index (κ1) is 15.8. The lowest BCUT2D eigenvalue weighted by Gasteiger charge is -2.36. The Morgan fingerprint density at radius 2 is 1.72 bits per heavy atom. The number of anilines is 1. The van der Waals surface area contributed by atoms with E-state index < -0.39 is 0 Å². The molecule has 0 spiro atoms. The highest BCUT2D eigenvalue weighted by Gasteiger charge is 2.23. The summed E-state index contributed by atoms with van der Waals surface area (Å²) in [5, 5.41) is 0.724. The Morgan fingerprint density at radius 3 is 2.48 bits per heavy atom. The first-order chi connectivity index (χ1) is 12.2. The Kier molecular flexibility index (Phi) is 4.24. The lowest BCUT2D eigenvalue weighted by molar-refractivity contribution is 0.0741. The number of amides is 1. The molecule has 0 radical (unpaired) electrons. The minimum atomic E-state index is -0.0657. The first-order valence-corrected chi connectivity index (χ1v) is 8.60. The Morgan fingerprint density at radius 1 is 0.960 bits per heavy atom. The average molecular weight is 353 g/mol. The van der Waals surface area contributed by atoms with Crippen molar-refractivity contribution in [1.29, 1.82) is 0 Å². The molecule has 6 heteroatoms. The van der Waals surface area contributed by atoms with Gasteiger partial charge in [0.15, 0.2) is 0 Å². The van der Waals surface area contributed by atoms with Gasteiger partial charge in [-0.05, 0) is 30.3 Å². The molecule has 0 unspecified atom stereocenters. The van der Waals surface area contributed by atoms with Crippen molar-refractivity contribution in [2.75, 3.05) is 31.1 Å². The van der Waals surface area contributed by atoms with Crippen molar-refractivity contribution in [3.05, 3.63) is 65.4 Å². The maximum atomic E-state index is 12.7. The molecular weight excluding hydrogens is 336 g/mol. The number of carbonyl (C=O) groups is 1. The molecule has 1 fully saturated rings. The summed E-state index contributed by atoms with van der Waals surface area (Å²) in [5.74, 6) is -0.0657. The highest BCUT2D eigenvalue weighted by atomic mass is 35.5. The van der Waals surface area contributed by atoms with E-state index in [-0.39, 0.29) is 5.91 Å². The summed E-state index contributed by atoms with van der Waals surface area (Å²) in [6, 6.07) is 15.4. The lowest BCUT2D eigenvalue weighted by Crippen LogP contribution is -2.49. The molecule has 0 saturated carbocycles. The molecule has 2 heterocycles. The third-order valence-electron chi connectivity index (χ3n) is 4.41. The van der Waals surface area contributed by atoms with Crippen LogP contribution >= 0.6 is 11.6 Å². The zero-order chi connectivity index (χ0) is 17.2. The summed E-state index contributed by atoms with van der Waals surface area (Å²) >= 11 is 6.06. The van der Waals surface area contributed by atoms with E-state index in [2.05, 4.69) is 14.9 Å². The van der Waals surface area contributed by atoms with Gasteiger partial charge in [-0.25, -0.2) is 4.98 Å². The van der Waals surface area contributed by atoms with E-state index >= 15 is 0 Å². The molecule has 126 valence electrons. The maximum Gasteiger partial charge on any atom is 0.274 e. The summed E-state index contributed by atoms with van der Waals surface area (Å²) < 4.78 is 0. The molecule has 1 aromatic heterocycles. The van der Waals surface area contributed by atoms with Gasteiger partial charge < -0.3 is 9.80 Å². The molecule has 0 aliphatic carbocycles. The second-order valence-electron chi connectivity index (χ2n) is 6.00. The predicted octanol–water partition coefficient (Wildman–Crippen LogP) is 3.25. The Labute approximate surface area is 150 Å². The van der Waals surface area contributed by atoms with Gasteiger partial charge in [-0.1, -0.05) is 29.8 Å². The molecule has 1 saturated heterocycles. The quantitative estimate of drug-likeness (QED) is 0.710. The summed E-state index contributed by atoms with van der Waals surface area (Å²) in [6.07, 6.45) is 1.56. The molecule has 5 nitrogen and oxygen atoms in total. The Balaban J connectivity index is 1.47. The number of carbonyl (C=O) groups excluding carboxylic acids is 1. The number of nitrogens with zero attached hydrogens (tertiary/aromatic N) is 4. The summed E-state index contributed by atoms with van der Waals surface area (Å²) in [6.45, 7) is 2.85. The zero-order valence-electron chi connectivity index (χ0n) is 13.6. The van der Waals surface area contributed by atoms with Crippen LogP contribution in [0.2, 0.25) is 5.02 Å². The fourth-order valence-electron chi connectivity index (χ4n) is 3.06. The molecule has 3 aromatic rings. The van der Waals surface area contributed by atoms with E-state index in [1.54, 1.807) is 6.20 Å². The van der Waals surface area contributed by atoms with E-state index in [0.717, 1.165) is 34.8 Å². The van der Waals surface area contributed by atoms with Gasteiger partial charge in [0.25, 0.3) is 5.91 Å². The standard InChI is InChI=1S/C19H17ClN4O/c20-14-4-3-5-15(12-14)23-8-10-24(11-9-23)19(25)18-13-21-16-6-1-2-7-17(16)22-18/h1-7,12-13H,8-11H2. The van der Waals surface area contributed by atoms with Gasteiger partial charge in [-0.15, -0.1) is 0 Å². The second kappa shape index (κ2) is 6.69. The number of hydrogen-bond acceptors (Lipinski definition) is 4. The Hall–Kier alpha value is -2.66. The van der Waals surface area contributed by atoms with Gasteiger partial charge >= 0.3 is 0 Å². The highest BCUT2D eigenvalue weighted by Crippen LogP contribution is 2.21. The van der Waals surface area contributed by atoms with Crippen LogP contribution in [-0.2, 0) is 0 Å². The summed E-state index contributed by atoms with van der Waals surface area (Å²) in [7, 11) is 0. The molecule has 1 aliphatic heterocycles. The second-order valence-corrected chi connectivity index (χ2v) is 6.44. The number of halogens is 1. The monoisotopic (exact) mass is 352 g/mol. The topological polar surface area (TPSA) is 49.3 Å². The molecule has 0 atom stereocenters. The average Bonchev–Trinajstić information content (AvgIpc) is 2.67. The molecule has 1 aliphatic rings. The van der Waals surface area contributed by atoms with E-state index in [1.807, 2.05) is 53.4 Å². The minimum absolute atomic E-state index is 0.0657. The zero-order valence-corrected chi connectivity index (χ0v) is 14.4. The van der Waals surface area contributed by atoms with Gasteiger partial charge in [-0.2, -0.15) is 0 Å². The van der Waals surface area contributed by atoms with Crippen LogP contribution in [0.4, 0.5) is 5.69 Å². The molecule has 0 N–H and O–H groups in total. The van der Waals surface area contributed by atoms with Crippen LogP contribution < -0.4 is 4.90 Å². The molecule has 1 amide bonds. The fraction of sp³-hybridized carbons (Fsp3) is 0.211. The minimum Gasteiger partial charge on any atom is -0.368 e.